The second kappa shape index (κ2) is 7.55. The van der Waals surface area contributed by atoms with Gasteiger partial charge in [0, 0.05) is 19.5 Å². The zero-order chi connectivity index (χ0) is 17.8. The number of amides is 1. The van der Waals surface area contributed by atoms with E-state index in [0.717, 1.165) is 25.7 Å². The third-order valence-corrected chi connectivity index (χ3v) is 4.48. The summed E-state index contributed by atoms with van der Waals surface area (Å²) >= 11 is 0. The largest absolute Gasteiger partial charge is 0.497 e. The summed E-state index contributed by atoms with van der Waals surface area (Å²) < 4.78 is 16.2. The van der Waals surface area contributed by atoms with Crippen molar-refractivity contribution in [3.05, 3.63) is 35.5 Å². The third kappa shape index (κ3) is 3.60. The SMILES string of the molecule is COc1ccc(C(=O)N2CCCCCC2c2nnc(C)o2)c(OC)c1. The van der Waals surface area contributed by atoms with E-state index in [4.69, 9.17) is 13.9 Å². The van der Waals surface area contributed by atoms with Crippen molar-refractivity contribution < 1.29 is 18.7 Å². The first kappa shape index (κ1) is 17.3. The monoisotopic (exact) mass is 345 g/mol. The Morgan fingerprint density at radius 2 is 2.04 bits per heavy atom. The fourth-order valence-electron chi connectivity index (χ4n) is 3.18. The standard InChI is InChI=1S/C18H23N3O4/c1-12-19-20-17(25-12)15-7-5-4-6-10-21(15)18(22)14-9-8-13(23-2)11-16(14)24-3/h8-9,11,15H,4-7,10H2,1-3H3. The van der Waals surface area contributed by atoms with Crippen LogP contribution in [0.2, 0.25) is 0 Å². The molecular formula is C18H23N3O4. The van der Waals surface area contributed by atoms with Crippen LogP contribution in [-0.4, -0.2) is 41.8 Å². The number of carbonyl (C=O) groups excluding carboxylic acids is 1. The average Bonchev–Trinajstić information content (AvgIpc) is 2.92. The van der Waals surface area contributed by atoms with Crippen LogP contribution in [-0.2, 0) is 0 Å². The van der Waals surface area contributed by atoms with Gasteiger partial charge in [-0.25, -0.2) is 0 Å². The van der Waals surface area contributed by atoms with E-state index in [0.29, 0.717) is 35.4 Å². The maximum atomic E-state index is 13.2. The Morgan fingerprint density at radius 3 is 2.72 bits per heavy atom. The van der Waals surface area contributed by atoms with E-state index in [2.05, 4.69) is 10.2 Å². The summed E-state index contributed by atoms with van der Waals surface area (Å²) in [6.07, 6.45) is 3.86. The van der Waals surface area contributed by atoms with Crippen molar-refractivity contribution in [1.82, 2.24) is 15.1 Å². The minimum atomic E-state index is -0.206. The molecule has 0 saturated carbocycles. The number of aryl methyl sites for hydroxylation is 1. The Bertz CT molecular complexity index is 744. The van der Waals surface area contributed by atoms with Gasteiger partial charge in [0.05, 0.1) is 19.8 Å². The molecule has 2 heterocycles. The van der Waals surface area contributed by atoms with Gasteiger partial charge in [0.15, 0.2) is 0 Å². The number of nitrogens with zero attached hydrogens (tertiary/aromatic N) is 3. The van der Waals surface area contributed by atoms with Gasteiger partial charge in [-0.1, -0.05) is 12.8 Å². The average molecular weight is 345 g/mol. The number of benzene rings is 1. The van der Waals surface area contributed by atoms with Crippen LogP contribution in [0.15, 0.2) is 22.6 Å². The molecule has 1 atom stereocenters. The number of methoxy groups -OCH3 is 2. The molecule has 2 aromatic rings. The molecule has 1 amide bonds. The van der Waals surface area contributed by atoms with E-state index in [-0.39, 0.29) is 11.9 Å². The van der Waals surface area contributed by atoms with Crippen molar-refractivity contribution in [1.29, 1.82) is 0 Å². The van der Waals surface area contributed by atoms with Crippen LogP contribution < -0.4 is 9.47 Å². The Morgan fingerprint density at radius 1 is 1.20 bits per heavy atom. The summed E-state index contributed by atoms with van der Waals surface area (Å²) in [5.41, 5.74) is 0.506. The van der Waals surface area contributed by atoms with Crippen LogP contribution in [0.4, 0.5) is 0 Å². The number of hydrogen-bond acceptors (Lipinski definition) is 6. The van der Waals surface area contributed by atoms with Crippen molar-refractivity contribution in [2.45, 2.75) is 38.6 Å². The molecule has 134 valence electrons. The van der Waals surface area contributed by atoms with Gasteiger partial charge in [0.25, 0.3) is 5.91 Å². The number of hydrogen-bond donors (Lipinski definition) is 0. The van der Waals surface area contributed by atoms with Gasteiger partial charge < -0.3 is 18.8 Å². The first-order chi connectivity index (χ1) is 12.1. The van der Waals surface area contributed by atoms with Gasteiger partial charge in [-0.05, 0) is 25.0 Å². The molecule has 0 aliphatic carbocycles. The Kier molecular flexibility index (Phi) is 5.21. The Labute approximate surface area is 146 Å². The highest BCUT2D eigenvalue weighted by Crippen LogP contribution is 2.33. The quantitative estimate of drug-likeness (QED) is 0.847. The predicted molar refractivity (Wildman–Crippen MR) is 90.8 cm³/mol. The number of carbonyl (C=O) groups is 1. The molecule has 1 unspecified atom stereocenters. The lowest BCUT2D eigenvalue weighted by Crippen LogP contribution is -2.35. The van der Waals surface area contributed by atoms with Crippen LogP contribution >= 0.6 is 0 Å². The van der Waals surface area contributed by atoms with Crippen molar-refractivity contribution in [2.75, 3.05) is 20.8 Å². The van der Waals surface area contributed by atoms with E-state index >= 15 is 0 Å². The molecule has 1 aromatic carbocycles. The van der Waals surface area contributed by atoms with Crippen LogP contribution in [0.1, 0.15) is 53.9 Å². The van der Waals surface area contributed by atoms with Gasteiger partial charge in [0.1, 0.15) is 17.5 Å². The maximum absolute atomic E-state index is 13.2. The summed E-state index contributed by atoms with van der Waals surface area (Å²) in [5, 5.41) is 8.07. The normalized spacial score (nSPS) is 17.9. The van der Waals surface area contributed by atoms with Gasteiger partial charge in [0.2, 0.25) is 11.8 Å². The highest BCUT2D eigenvalue weighted by atomic mass is 16.5. The molecule has 7 nitrogen and oxygen atoms in total. The minimum absolute atomic E-state index is 0.0951. The summed E-state index contributed by atoms with van der Waals surface area (Å²) in [7, 11) is 3.13. The lowest BCUT2D eigenvalue weighted by molar-refractivity contribution is 0.0647. The van der Waals surface area contributed by atoms with Crippen molar-refractivity contribution in [2.24, 2.45) is 0 Å². The second-order valence-electron chi connectivity index (χ2n) is 6.09. The molecule has 1 fully saturated rings. The van der Waals surface area contributed by atoms with Crippen LogP contribution in [0, 0.1) is 6.92 Å². The van der Waals surface area contributed by atoms with E-state index in [1.165, 1.54) is 0 Å². The molecule has 0 spiro atoms. The number of likely N-dealkylation sites (tertiary alicyclic amines) is 1. The van der Waals surface area contributed by atoms with E-state index in [1.54, 1.807) is 39.3 Å². The lowest BCUT2D eigenvalue weighted by Gasteiger charge is -2.28. The topological polar surface area (TPSA) is 77.7 Å². The molecule has 1 aliphatic heterocycles. The number of aromatic nitrogens is 2. The molecule has 0 bridgehead atoms. The van der Waals surface area contributed by atoms with Gasteiger partial charge in [-0.15, -0.1) is 10.2 Å². The van der Waals surface area contributed by atoms with E-state index in [1.807, 2.05) is 4.90 Å². The van der Waals surface area contributed by atoms with Gasteiger partial charge >= 0.3 is 0 Å². The van der Waals surface area contributed by atoms with E-state index in [9.17, 15) is 4.79 Å². The zero-order valence-electron chi connectivity index (χ0n) is 14.8. The summed E-state index contributed by atoms with van der Waals surface area (Å²) in [4.78, 5) is 15.1. The van der Waals surface area contributed by atoms with Crippen molar-refractivity contribution in [3.8, 4) is 11.5 Å². The van der Waals surface area contributed by atoms with E-state index < -0.39 is 0 Å². The molecule has 3 rings (SSSR count). The fourth-order valence-corrected chi connectivity index (χ4v) is 3.18. The first-order valence-corrected chi connectivity index (χ1v) is 8.47. The Hall–Kier alpha value is -2.57. The molecule has 7 heteroatoms. The molecule has 1 saturated heterocycles. The van der Waals surface area contributed by atoms with Gasteiger partial charge in [-0.3, -0.25) is 4.79 Å². The van der Waals surface area contributed by atoms with Crippen LogP contribution in [0.3, 0.4) is 0 Å². The highest BCUT2D eigenvalue weighted by molar-refractivity contribution is 5.97. The first-order valence-electron chi connectivity index (χ1n) is 8.47. The molecule has 0 N–H and O–H groups in total. The lowest BCUT2D eigenvalue weighted by atomic mass is 10.1. The predicted octanol–water partition coefficient (Wildman–Crippen LogP) is 3.15. The van der Waals surface area contributed by atoms with Crippen LogP contribution in [0.25, 0.3) is 0 Å². The summed E-state index contributed by atoms with van der Waals surface area (Å²) in [6, 6.07) is 5.01. The third-order valence-electron chi connectivity index (χ3n) is 4.48. The minimum Gasteiger partial charge on any atom is -0.497 e. The summed E-state index contributed by atoms with van der Waals surface area (Å²) in [5.74, 6) is 2.05. The molecule has 1 aromatic heterocycles. The highest BCUT2D eigenvalue weighted by Gasteiger charge is 2.32. The smallest absolute Gasteiger partial charge is 0.258 e. The molecule has 1 aliphatic rings. The molecular weight excluding hydrogens is 322 g/mol. The molecule has 0 radical (unpaired) electrons. The second-order valence-corrected chi connectivity index (χ2v) is 6.09. The fraction of sp³-hybridized carbons (Fsp3) is 0.500. The van der Waals surface area contributed by atoms with Gasteiger partial charge in [-0.2, -0.15) is 0 Å². The zero-order valence-corrected chi connectivity index (χ0v) is 14.8. The Balaban J connectivity index is 1.95. The number of ether oxygens (including phenoxy) is 2. The number of rotatable bonds is 4. The van der Waals surface area contributed by atoms with Crippen LogP contribution in [0.5, 0.6) is 11.5 Å². The maximum Gasteiger partial charge on any atom is 0.258 e. The van der Waals surface area contributed by atoms with Crippen molar-refractivity contribution in [3.63, 3.8) is 0 Å². The van der Waals surface area contributed by atoms with Crippen molar-refractivity contribution >= 4 is 5.91 Å². The summed E-state index contributed by atoms with van der Waals surface area (Å²) in [6.45, 7) is 2.41. The molecule has 25 heavy (non-hydrogen) atoms.